The predicted molar refractivity (Wildman–Crippen MR) is 86.3 cm³/mol. The average molecular weight is 478 g/mol. The number of ether oxygens (including phenoxy) is 1. The molecule has 0 fully saturated rings. The van der Waals surface area contributed by atoms with Crippen LogP contribution in [-0.2, 0) is 22.7 Å². The molecule has 0 spiro atoms. The van der Waals surface area contributed by atoms with Gasteiger partial charge in [-0.25, -0.2) is 13.1 Å². The summed E-state index contributed by atoms with van der Waals surface area (Å²) in [6.07, 6.45) is -9.65. The van der Waals surface area contributed by atoms with Gasteiger partial charge in [0, 0.05) is 11.0 Å². The van der Waals surface area contributed by atoms with E-state index in [1.165, 1.54) is 6.07 Å². The topological polar surface area (TPSA) is 55.4 Å². The molecule has 1 N–H and O–H groups in total. The number of hydrogen-bond donors (Lipinski definition) is 1. The van der Waals surface area contributed by atoms with Crippen molar-refractivity contribution in [3.8, 4) is 5.75 Å². The van der Waals surface area contributed by atoms with Crippen molar-refractivity contribution in [2.24, 2.45) is 0 Å². The van der Waals surface area contributed by atoms with Crippen molar-refractivity contribution in [3.63, 3.8) is 0 Å². The summed E-state index contributed by atoms with van der Waals surface area (Å²) in [6.45, 7) is -0.429. The molecule has 2 aromatic carbocycles. The van der Waals surface area contributed by atoms with Gasteiger partial charge >= 0.3 is 12.5 Å². The second kappa shape index (κ2) is 7.68. The molecule has 0 aliphatic carbocycles. The Morgan fingerprint density at radius 3 is 2.07 bits per heavy atom. The van der Waals surface area contributed by atoms with E-state index in [2.05, 4.69) is 20.7 Å². The van der Waals surface area contributed by atoms with Crippen molar-refractivity contribution in [3.05, 3.63) is 58.1 Å². The third kappa shape index (κ3) is 6.11. The molecule has 0 heterocycles. The van der Waals surface area contributed by atoms with Crippen LogP contribution in [0.5, 0.6) is 5.75 Å². The highest BCUT2D eigenvalue weighted by Gasteiger charge is 2.34. The Bertz CT molecular complexity index is 911. The molecule has 0 atom stereocenters. The van der Waals surface area contributed by atoms with Crippen LogP contribution in [0.2, 0.25) is 0 Å². The highest BCUT2D eigenvalue weighted by Crippen LogP contribution is 2.32. The first kappa shape index (κ1) is 21.5. The van der Waals surface area contributed by atoms with Gasteiger partial charge in [0.1, 0.15) is 4.90 Å². The highest BCUT2D eigenvalue weighted by molar-refractivity contribution is 9.10. The summed E-state index contributed by atoms with van der Waals surface area (Å²) >= 11 is 2.91. The minimum absolute atomic E-state index is 0.156. The third-order valence-corrected chi connectivity index (χ3v) is 5.10. The van der Waals surface area contributed by atoms with Crippen LogP contribution >= 0.6 is 15.9 Å². The van der Waals surface area contributed by atoms with E-state index >= 15 is 0 Å². The molecule has 27 heavy (non-hydrogen) atoms. The van der Waals surface area contributed by atoms with Gasteiger partial charge in [0.25, 0.3) is 0 Å². The number of rotatable bonds is 5. The van der Waals surface area contributed by atoms with Gasteiger partial charge in [-0.3, -0.25) is 0 Å². The van der Waals surface area contributed by atoms with Gasteiger partial charge in [-0.2, -0.15) is 13.2 Å². The molecule has 0 amide bonds. The normalized spacial score (nSPS) is 12.9. The summed E-state index contributed by atoms with van der Waals surface area (Å²) in [5.74, 6) is -0.947. The molecule has 2 rings (SSSR count). The van der Waals surface area contributed by atoms with Crippen LogP contribution in [0.25, 0.3) is 0 Å². The lowest BCUT2D eigenvalue weighted by Crippen LogP contribution is -2.25. The van der Waals surface area contributed by atoms with Gasteiger partial charge in [-0.05, 0) is 35.9 Å². The van der Waals surface area contributed by atoms with Gasteiger partial charge < -0.3 is 4.74 Å². The fourth-order valence-electron chi connectivity index (χ4n) is 1.98. The predicted octanol–water partition coefficient (Wildman–Crippen LogP) is 4.85. The van der Waals surface area contributed by atoms with E-state index in [1.54, 1.807) is 0 Å². The van der Waals surface area contributed by atoms with Crippen LogP contribution in [-0.4, -0.2) is 14.8 Å². The molecule has 0 aliphatic heterocycles. The first-order valence-corrected chi connectivity index (χ1v) is 9.27. The molecular formula is C15H10BrF6NO3S. The second-order valence-electron chi connectivity index (χ2n) is 5.16. The molecule has 4 nitrogen and oxygen atoms in total. The zero-order valence-electron chi connectivity index (χ0n) is 13.0. The van der Waals surface area contributed by atoms with Gasteiger partial charge in [-0.1, -0.05) is 28.1 Å². The van der Waals surface area contributed by atoms with Crippen molar-refractivity contribution in [2.75, 3.05) is 0 Å². The number of sulfonamides is 1. The largest absolute Gasteiger partial charge is 0.573 e. The van der Waals surface area contributed by atoms with Crippen LogP contribution in [0.15, 0.2) is 51.8 Å². The second-order valence-corrected chi connectivity index (χ2v) is 7.81. The van der Waals surface area contributed by atoms with Crippen molar-refractivity contribution in [1.82, 2.24) is 4.72 Å². The number of hydrogen-bond acceptors (Lipinski definition) is 3. The Morgan fingerprint density at radius 2 is 1.56 bits per heavy atom. The lowest BCUT2D eigenvalue weighted by molar-refractivity contribution is -0.275. The molecule has 0 unspecified atom stereocenters. The van der Waals surface area contributed by atoms with Crippen LogP contribution < -0.4 is 9.46 Å². The minimum Gasteiger partial charge on any atom is -0.404 e. The molecule has 0 bridgehead atoms. The minimum atomic E-state index is -5.11. The van der Waals surface area contributed by atoms with Crippen LogP contribution in [0.1, 0.15) is 11.1 Å². The van der Waals surface area contributed by atoms with E-state index in [0.29, 0.717) is 0 Å². The van der Waals surface area contributed by atoms with E-state index in [-0.39, 0.29) is 10.0 Å². The van der Waals surface area contributed by atoms with E-state index in [9.17, 15) is 34.8 Å². The zero-order chi connectivity index (χ0) is 20.5. The Morgan fingerprint density at radius 1 is 0.963 bits per heavy atom. The molecule has 0 aromatic heterocycles. The van der Waals surface area contributed by atoms with Gasteiger partial charge in [0.15, 0.2) is 5.75 Å². The van der Waals surface area contributed by atoms with Gasteiger partial charge in [0.2, 0.25) is 10.0 Å². The fourth-order valence-corrected chi connectivity index (χ4v) is 3.44. The first-order valence-electron chi connectivity index (χ1n) is 6.99. The van der Waals surface area contributed by atoms with Crippen molar-refractivity contribution >= 4 is 26.0 Å². The molecule has 148 valence electrons. The van der Waals surface area contributed by atoms with Gasteiger partial charge in [0.05, 0.1) is 5.56 Å². The average Bonchev–Trinajstić information content (AvgIpc) is 2.51. The quantitative estimate of drug-likeness (QED) is 0.626. The van der Waals surface area contributed by atoms with Crippen molar-refractivity contribution in [1.29, 1.82) is 0 Å². The monoisotopic (exact) mass is 477 g/mol. The highest BCUT2D eigenvalue weighted by atomic mass is 79.9. The maximum atomic E-state index is 12.5. The fraction of sp³-hybridized carbons (Fsp3) is 0.200. The lowest BCUT2D eigenvalue weighted by Gasteiger charge is -2.14. The summed E-state index contributed by atoms with van der Waals surface area (Å²) in [7, 11) is -4.43. The smallest absolute Gasteiger partial charge is 0.404 e. The lowest BCUT2D eigenvalue weighted by atomic mass is 10.1. The zero-order valence-corrected chi connectivity index (χ0v) is 15.4. The Hall–Kier alpha value is -1.79. The van der Waals surface area contributed by atoms with Crippen molar-refractivity contribution < 1.29 is 39.5 Å². The summed E-state index contributed by atoms with van der Waals surface area (Å²) in [5, 5.41) is 0. The maximum Gasteiger partial charge on any atom is 0.573 e. The van der Waals surface area contributed by atoms with E-state index in [1.807, 2.05) is 4.72 Å². The third-order valence-electron chi connectivity index (χ3n) is 3.17. The number of nitrogens with one attached hydrogen (secondary N) is 1. The summed E-state index contributed by atoms with van der Waals surface area (Å²) < 4.78 is 105. The summed E-state index contributed by atoms with van der Waals surface area (Å²) in [4.78, 5) is -0.769. The number of alkyl halides is 6. The van der Waals surface area contributed by atoms with Gasteiger partial charge in [-0.15, -0.1) is 13.2 Å². The van der Waals surface area contributed by atoms with E-state index in [4.69, 9.17) is 0 Å². The number of halogens is 7. The SMILES string of the molecule is O=S(=O)(NCc1ccc(C(F)(F)F)cc1)c1ccc(Br)cc1OC(F)(F)F. The molecule has 0 aliphatic rings. The molecule has 2 aromatic rings. The van der Waals surface area contributed by atoms with E-state index in [0.717, 1.165) is 36.4 Å². The van der Waals surface area contributed by atoms with E-state index < -0.39 is 45.3 Å². The Kier molecular flexibility index (Phi) is 6.12. The first-order chi connectivity index (χ1) is 12.3. The maximum absolute atomic E-state index is 12.5. The summed E-state index contributed by atoms with van der Waals surface area (Å²) in [6, 6.07) is 6.58. The molecule has 0 saturated carbocycles. The standard InChI is InChI=1S/C15H10BrF6NO3S/c16-11-5-6-13(12(7-11)26-15(20,21)22)27(24,25)23-8-9-1-3-10(4-2-9)14(17,18)19/h1-7,23H,8H2. The molecule has 12 heteroatoms. The van der Waals surface area contributed by atoms with Crippen LogP contribution in [0, 0.1) is 0 Å². The Labute approximate surface area is 158 Å². The Balaban J connectivity index is 2.22. The van der Waals surface area contributed by atoms with Crippen LogP contribution in [0.4, 0.5) is 26.3 Å². The molecular weight excluding hydrogens is 468 g/mol. The van der Waals surface area contributed by atoms with Crippen LogP contribution in [0.3, 0.4) is 0 Å². The summed E-state index contributed by atoms with van der Waals surface area (Å²) in [5.41, 5.74) is -0.732. The molecule has 0 saturated heterocycles. The number of benzene rings is 2. The molecule has 0 radical (unpaired) electrons. The van der Waals surface area contributed by atoms with Crippen molar-refractivity contribution in [2.45, 2.75) is 24.0 Å².